The lowest BCUT2D eigenvalue weighted by atomic mass is 9.49. The summed E-state index contributed by atoms with van der Waals surface area (Å²) in [5.74, 6) is 4.31. The molecule has 5 aliphatic carbocycles. The van der Waals surface area contributed by atoms with E-state index in [1.54, 1.807) is 6.07 Å². The molecule has 5 fully saturated rings. The minimum absolute atomic E-state index is 0.0758. The molecule has 0 aliphatic heterocycles. The van der Waals surface area contributed by atoms with Crippen molar-refractivity contribution in [2.24, 2.45) is 46.8 Å². The van der Waals surface area contributed by atoms with Crippen molar-refractivity contribution < 1.29 is 14.3 Å². The molecule has 1 aromatic carbocycles. The Morgan fingerprint density at radius 2 is 1.73 bits per heavy atom. The number of carbonyl (C=O) groups is 1. The highest BCUT2D eigenvalue weighted by Gasteiger charge is 2.65. The van der Waals surface area contributed by atoms with Crippen molar-refractivity contribution in [3.8, 4) is 0 Å². The molecule has 6 heteroatoms. The molecule has 7 rings (SSSR count). The second-order valence-corrected chi connectivity index (χ2v) is 12.3. The lowest BCUT2D eigenvalue weighted by Gasteiger charge is -2.56. The van der Waals surface area contributed by atoms with E-state index in [0.29, 0.717) is 22.9 Å². The van der Waals surface area contributed by atoms with Crippen LogP contribution >= 0.6 is 0 Å². The summed E-state index contributed by atoms with van der Waals surface area (Å²) in [7, 11) is 0. The van der Waals surface area contributed by atoms with E-state index in [1.807, 2.05) is 0 Å². The molecule has 1 aromatic heterocycles. The van der Waals surface area contributed by atoms with Gasteiger partial charge in [-0.1, -0.05) is 6.92 Å². The molecule has 1 unspecified atom stereocenters. The van der Waals surface area contributed by atoms with E-state index in [0.717, 1.165) is 49.4 Å². The first-order valence-electron chi connectivity index (χ1n) is 13.1. The molecular weight excluding hydrogens is 417 g/mol. The van der Waals surface area contributed by atoms with Gasteiger partial charge in [-0.15, -0.1) is 0 Å². The van der Waals surface area contributed by atoms with Gasteiger partial charge in [0.25, 0.3) is 0 Å². The number of halogens is 1. The molecule has 0 radical (unpaired) electrons. The van der Waals surface area contributed by atoms with Gasteiger partial charge in [-0.2, -0.15) is 15.0 Å². The number of benzene rings is 1. The van der Waals surface area contributed by atoms with Gasteiger partial charge in [-0.25, -0.2) is 4.39 Å². The second-order valence-electron chi connectivity index (χ2n) is 12.3. The number of Topliss-reactive ketones (excluding diaryl/α,β-unsaturated/α-hetero) is 1. The summed E-state index contributed by atoms with van der Waals surface area (Å²) in [5.41, 5.74) is 0.912. The molecule has 5 saturated carbocycles. The normalized spacial score (nSPS) is 45.7. The molecule has 1 N–H and O–H groups in total. The number of hydrogen-bond donors (Lipinski definition) is 1. The van der Waals surface area contributed by atoms with E-state index >= 15 is 0 Å². The summed E-state index contributed by atoms with van der Waals surface area (Å²) in [6.07, 6.45) is 10.4. The maximum atomic E-state index is 13.5. The highest BCUT2D eigenvalue weighted by molar-refractivity contribution is 5.82. The maximum Gasteiger partial charge on any atom is 0.159 e. The van der Waals surface area contributed by atoms with Crippen molar-refractivity contribution in [1.29, 1.82) is 0 Å². The second kappa shape index (κ2) is 6.87. The van der Waals surface area contributed by atoms with Crippen LogP contribution in [0.4, 0.5) is 4.39 Å². The topological polar surface area (TPSA) is 68.0 Å². The van der Waals surface area contributed by atoms with Crippen LogP contribution in [0.25, 0.3) is 11.0 Å². The van der Waals surface area contributed by atoms with Gasteiger partial charge in [-0.05, 0) is 111 Å². The van der Waals surface area contributed by atoms with Crippen molar-refractivity contribution in [3.63, 3.8) is 0 Å². The fourth-order valence-electron chi connectivity index (χ4n) is 9.47. The Balaban J connectivity index is 1.09. The van der Waals surface area contributed by atoms with Crippen LogP contribution in [0.5, 0.6) is 0 Å². The van der Waals surface area contributed by atoms with Gasteiger partial charge in [0.15, 0.2) is 5.78 Å². The van der Waals surface area contributed by atoms with Gasteiger partial charge in [0.1, 0.15) is 23.4 Å². The van der Waals surface area contributed by atoms with Gasteiger partial charge in [0.05, 0.1) is 5.60 Å². The zero-order valence-corrected chi connectivity index (χ0v) is 19.4. The first-order valence-corrected chi connectivity index (χ1v) is 13.1. The average molecular weight is 452 g/mol. The zero-order valence-electron chi connectivity index (χ0n) is 19.4. The Morgan fingerprint density at radius 3 is 2.55 bits per heavy atom. The molecular formula is C27H34FN3O2. The van der Waals surface area contributed by atoms with Crippen molar-refractivity contribution in [1.82, 2.24) is 15.0 Å². The Kier molecular flexibility index (Phi) is 4.27. The van der Waals surface area contributed by atoms with Crippen LogP contribution in [0.15, 0.2) is 18.2 Å². The van der Waals surface area contributed by atoms with Crippen LogP contribution in [0, 0.1) is 52.7 Å². The number of carbonyl (C=O) groups excluding carboxylic acids is 1. The third-order valence-electron chi connectivity index (χ3n) is 11.0. The minimum Gasteiger partial charge on any atom is -0.390 e. The van der Waals surface area contributed by atoms with E-state index in [4.69, 9.17) is 0 Å². The molecule has 9 atom stereocenters. The molecule has 0 bridgehead atoms. The van der Waals surface area contributed by atoms with Crippen LogP contribution in [-0.2, 0) is 11.3 Å². The summed E-state index contributed by atoms with van der Waals surface area (Å²) in [6, 6.07) is 4.38. The molecule has 5 aliphatic rings. The van der Waals surface area contributed by atoms with Crippen molar-refractivity contribution >= 4 is 16.8 Å². The molecule has 2 aromatic rings. The molecule has 0 saturated heterocycles. The number of rotatable bonds is 3. The summed E-state index contributed by atoms with van der Waals surface area (Å²) in [4.78, 5) is 15.0. The number of hydrogen-bond acceptors (Lipinski definition) is 4. The van der Waals surface area contributed by atoms with Crippen LogP contribution in [0.3, 0.4) is 0 Å². The van der Waals surface area contributed by atoms with Crippen molar-refractivity contribution in [2.45, 2.75) is 76.9 Å². The summed E-state index contributed by atoms with van der Waals surface area (Å²) in [6.45, 7) is 2.57. The Hall–Kier alpha value is -1.82. The summed E-state index contributed by atoms with van der Waals surface area (Å²) < 4.78 is 13.5. The molecule has 0 spiro atoms. The summed E-state index contributed by atoms with van der Waals surface area (Å²) in [5, 5.41) is 19.5. The van der Waals surface area contributed by atoms with Crippen LogP contribution in [0.1, 0.15) is 64.7 Å². The van der Waals surface area contributed by atoms with Gasteiger partial charge in [0, 0.05) is 12.0 Å². The highest BCUT2D eigenvalue weighted by atomic mass is 19.1. The first kappa shape index (κ1) is 20.5. The number of ketones is 1. The van der Waals surface area contributed by atoms with E-state index in [9.17, 15) is 14.3 Å². The fraction of sp³-hybridized carbons (Fsp3) is 0.741. The van der Waals surface area contributed by atoms with Gasteiger partial charge in [0.2, 0.25) is 0 Å². The van der Waals surface area contributed by atoms with E-state index in [2.05, 4.69) is 17.1 Å². The standard InChI is InChI=1S/C27H34FN3O2/c1-26-10-8-16-17-9-11-27(33)13-22(27)19(17)4-3-18(16)20(26)5-6-21(26)25(32)14-31-29-23-7-2-15(28)12-24(23)30-31/h2,7,12,16-22,33H,3-6,8-11,13-14H2,1H3/t16-,17-,18-,19-,20+,21-,22?,26+,27+/m1/s1. The average Bonchev–Trinajstić information content (AvgIpc) is 3.14. The maximum absolute atomic E-state index is 13.5. The Morgan fingerprint density at radius 1 is 1.00 bits per heavy atom. The number of nitrogens with zero attached hydrogens (tertiary/aromatic N) is 3. The van der Waals surface area contributed by atoms with Crippen LogP contribution in [0.2, 0.25) is 0 Å². The third kappa shape index (κ3) is 2.95. The monoisotopic (exact) mass is 451 g/mol. The van der Waals surface area contributed by atoms with Crippen LogP contribution in [-0.4, -0.2) is 31.5 Å². The lowest BCUT2D eigenvalue weighted by Crippen LogP contribution is -2.50. The van der Waals surface area contributed by atoms with Gasteiger partial charge in [-0.3, -0.25) is 4.79 Å². The van der Waals surface area contributed by atoms with Crippen LogP contribution < -0.4 is 0 Å². The Labute approximate surface area is 194 Å². The molecule has 0 amide bonds. The molecule has 1 heterocycles. The predicted molar refractivity (Wildman–Crippen MR) is 122 cm³/mol. The van der Waals surface area contributed by atoms with E-state index < -0.39 is 0 Å². The van der Waals surface area contributed by atoms with Gasteiger partial charge < -0.3 is 5.11 Å². The number of aromatic nitrogens is 3. The predicted octanol–water partition coefficient (Wildman–Crippen LogP) is 4.77. The SMILES string of the molecule is C[C@]12CC[C@@H]3[C@H]4CC[C@]5(O)CC5[C@@H]4CC[C@H]3[C@@H]1CC[C@@H]2C(=O)Cn1nc2ccc(F)cc2n1. The summed E-state index contributed by atoms with van der Waals surface area (Å²) >= 11 is 0. The highest BCUT2D eigenvalue weighted by Crippen LogP contribution is 2.68. The minimum atomic E-state index is -0.331. The van der Waals surface area contributed by atoms with E-state index in [-0.39, 0.29) is 35.1 Å². The van der Waals surface area contributed by atoms with Crippen molar-refractivity contribution in [2.75, 3.05) is 0 Å². The zero-order chi connectivity index (χ0) is 22.5. The van der Waals surface area contributed by atoms with E-state index in [1.165, 1.54) is 49.0 Å². The lowest BCUT2D eigenvalue weighted by molar-refractivity contribution is -0.132. The molecule has 5 nitrogen and oxygen atoms in total. The molecule has 33 heavy (non-hydrogen) atoms. The number of aliphatic hydroxyl groups is 1. The quantitative estimate of drug-likeness (QED) is 0.730. The smallest absolute Gasteiger partial charge is 0.159 e. The van der Waals surface area contributed by atoms with Crippen molar-refractivity contribution in [3.05, 3.63) is 24.0 Å². The fourth-order valence-corrected chi connectivity index (χ4v) is 9.47. The Bertz CT molecular complexity index is 1130. The first-order chi connectivity index (χ1) is 15.9. The van der Waals surface area contributed by atoms with Gasteiger partial charge >= 0.3 is 0 Å². The molecule has 176 valence electrons. The number of fused-ring (bicyclic) bond motifs is 8. The largest absolute Gasteiger partial charge is 0.390 e. The third-order valence-corrected chi connectivity index (χ3v) is 11.0.